The van der Waals surface area contributed by atoms with E-state index in [4.69, 9.17) is 4.74 Å². The molecule has 0 aliphatic carbocycles. The average Bonchev–Trinajstić information content (AvgIpc) is 3.22. The summed E-state index contributed by atoms with van der Waals surface area (Å²) in [6, 6.07) is 0.149. The first-order valence-corrected chi connectivity index (χ1v) is 7.25. The maximum Gasteiger partial charge on any atom is 0.160 e. The maximum atomic E-state index is 5.93. The van der Waals surface area contributed by atoms with Crippen LogP contribution in [0.15, 0.2) is 18.7 Å². The quantitative estimate of drug-likeness (QED) is 0.758. The standard InChI is InChI=1S/C14H17N7O/c1-8-9(6-18-21(8)2)12-11(3-4-22-12)19-13-10-5-17-20-14(10)16-7-15-13/h5-7,11-12H,3-4H2,1-2H3,(H2,15,16,17,19,20)/t11-,12+/m0/s1. The molecule has 22 heavy (non-hydrogen) atoms. The predicted octanol–water partition coefficient (Wildman–Crippen LogP) is 1.34. The summed E-state index contributed by atoms with van der Waals surface area (Å²) >= 11 is 0. The lowest BCUT2D eigenvalue weighted by Gasteiger charge is -2.20. The molecule has 4 heterocycles. The molecule has 0 saturated carbocycles. The molecule has 114 valence electrons. The lowest BCUT2D eigenvalue weighted by Crippen LogP contribution is -2.24. The van der Waals surface area contributed by atoms with Crippen LogP contribution >= 0.6 is 0 Å². The molecule has 8 heteroatoms. The Kier molecular flexibility index (Phi) is 3.04. The Morgan fingerprint density at radius 1 is 1.36 bits per heavy atom. The van der Waals surface area contributed by atoms with Crippen molar-refractivity contribution in [3.63, 3.8) is 0 Å². The Hall–Kier alpha value is -2.48. The van der Waals surface area contributed by atoms with Gasteiger partial charge in [0.05, 0.1) is 23.8 Å². The molecule has 0 bridgehead atoms. The number of nitrogens with zero attached hydrogens (tertiary/aromatic N) is 5. The summed E-state index contributed by atoms with van der Waals surface area (Å²) < 4.78 is 7.80. The number of rotatable bonds is 3. The molecule has 1 aliphatic rings. The lowest BCUT2D eigenvalue weighted by atomic mass is 10.0. The maximum absolute atomic E-state index is 5.93. The number of H-pyrrole nitrogens is 1. The fourth-order valence-corrected chi connectivity index (χ4v) is 2.89. The highest BCUT2D eigenvalue weighted by molar-refractivity contribution is 5.85. The SMILES string of the molecule is Cc1c([C@H]2OCC[C@@H]2Nc2ncnc3[nH]ncc23)cnn1C. The number of nitrogens with one attached hydrogen (secondary N) is 2. The van der Waals surface area contributed by atoms with E-state index in [9.17, 15) is 0 Å². The molecule has 3 aromatic rings. The molecular formula is C14H17N7O. The molecule has 2 atom stereocenters. The van der Waals surface area contributed by atoms with Crippen molar-refractivity contribution >= 4 is 16.9 Å². The molecule has 0 aromatic carbocycles. The minimum atomic E-state index is -0.0226. The first-order valence-electron chi connectivity index (χ1n) is 7.25. The predicted molar refractivity (Wildman–Crippen MR) is 80.3 cm³/mol. The molecule has 3 aromatic heterocycles. The van der Waals surface area contributed by atoms with Gasteiger partial charge >= 0.3 is 0 Å². The minimum Gasteiger partial charge on any atom is -0.371 e. The highest BCUT2D eigenvalue weighted by Crippen LogP contribution is 2.33. The van der Waals surface area contributed by atoms with E-state index in [1.54, 1.807) is 6.20 Å². The van der Waals surface area contributed by atoms with E-state index in [-0.39, 0.29) is 12.1 Å². The van der Waals surface area contributed by atoms with E-state index in [0.717, 1.165) is 41.1 Å². The molecule has 0 unspecified atom stereocenters. The Morgan fingerprint density at radius 2 is 2.27 bits per heavy atom. The first-order chi connectivity index (χ1) is 10.7. The largest absolute Gasteiger partial charge is 0.371 e. The van der Waals surface area contributed by atoms with Gasteiger partial charge in [-0.2, -0.15) is 10.2 Å². The third-order valence-corrected chi connectivity index (χ3v) is 4.24. The third kappa shape index (κ3) is 2.03. The Balaban J connectivity index is 1.64. The molecule has 1 fully saturated rings. The smallest absolute Gasteiger partial charge is 0.160 e. The summed E-state index contributed by atoms with van der Waals surface area (Å²) in [6.45, 7) is 2.77. The van der Waals surface area contributed by atoms with Crippen LogP contribution in [0.4, 0.5) is 5.82 Å². The van der Waals surface area contributed by atoms with Crippen LogP contribution in [0.2, 0.25) is 0 Å². The van der Waals surface area contributed by atoms with Gasteiger partial charge in [-0.15, -0.1) is 0 Å². The minimum absolute atomic E-state index is 0.0226. The summed E-state index contributed by atoms with van der Waals surface area (Å²) in [5, 5.41) is 15.6. The normalized spacial score (nSPS) is 21.5. The number of hydrogen-bond acceptors (Lipinski definition) is 6. The van der Waals surface area contributed by atoms with Crippen molar-refractivity contribution in [1.82, 2.24) is 29.9 Å². The topological polar surface area (TPSA) is 93.5 Å². The molecule has 1 saturated heterocycles. The summed E-state index contributed by atoms with van der Waals surface area (Å²) in [7, 11) is 1.94. The van der Waals surface area contributed by atoms with E-state index in [1.165, 1.54) is 6.33 Å². The van der Waals surface area contributed by atoms with Gasteiger partial charge in [0.15, 0.2) is 5.65 Å². The van der Waals surface area contributed by atoms with Crippen molar-refractivity contribution in [2.24, 2.45) is 7.05 Å². The Labute approximate surface area is 126 Å². The van der Waals surface area contributed by atoms with Gasteiger partial charge < -0.3 is 10.1 Å². The molecule has 0 amide bonds. The van der Waals surface area contributed by atoms with Crippen LogP contribution in [0.1, 0.15) is 23.8 Å². The van der Waals surface area contributed by atoms with Gasteiger partial charge in [-0.25, -0.2) is 9.97 Å². The summed E-state index contributed by atoms with van der Waals surface area (Å²) in [6.07, 6.45) is 6.04. The van der Waals surface area contributed by atoms with Crippen LogP contribution in [-0.2, 0) is 11.8 Å². The molecule has 0 spiro atoms. The monoisotopic (exact) mass is 299 g/mol. The van der Waals surface area contributed by atoms with E-state index in [2.05, 4.69) is 37.5 Å². The van der Waals surface area contributed by atoms with Crippen molar-refractivity contribution in [2.75, 3.05) is 11.9 Å². The summed E-state index contributed by atoms with van der Waals surface area (Å²) in [5.74, 6) is 0.779. The van der Waals surface area contributed by atoms with E-state index in [0.29, 0.717) is 0 Å². The van der Waals surface area contributed by atoms with Gasteiger partial charge in [0.1, 0.15) is 18.2 Å². The number of aromatic amines is 1. The average molecular weight is 299 g/mol. The van der Waals surface area contributed by atoms with Crippen LogP contribution in [0.5, 0.6) is 0 Å². The van der Waals surface area contributed by atoms with Crippen LogP contribution in [0, 0.1) is 6.92 Å². The lowest BCUT2D eigenvalue weighted by molar-refractivity contribution is 0.107. The zero-order valence-corrected chi connectivity index (χ0v) is 12.4. The van der Waals surface area contributed by atoms with Gasteiger partial charge in [0.25, 0.3) is 0 Å². The highest BCUT2D eigenvalue weighted by atomic mass is 16.5. The zero-order chi connectivity index (χ0) is 15.1. The van der Waals surface area contributed by atoms with Gasteiger partial charge in [-0.1, -0.05) is 0 Å². The van der Waals surface area contributed by atoms with Crippen molar-refractivity contribution in [2.45, 2.75) is 25.5 Å². The molecule has 2 N–H and O–H groups in total. The number of aryl methyl sites for hydroxylation is 1. The number of anilines is 1. The second kappa shape index (κ2) is 5.06. The molecule has 1 aliphatic heterocycles. The van der Waals surface area contributed by atoms with Crippen LogP contribution in [0.25, 0.3) is 11.0 Å². The second-order valence-corrected chi connectivity index (χ2v) is 5.49. The van der Waals surface area contributed by atoms with Gasteiger partial charge in [-0.3, -0.25) is 9.78 Å². The fourth-order valence-electron chi connectivity index (χ4n) is 2.89. The number of fused-ring (bicyclic) bond motifs is 1. The van der Waals surface area contributed by atoms with Gasteiger partial charge in [0, 0.05) is 24.9 Å². The second-order valence-electron chi connectivity index (χ2n) is 5.49. The highest BCUT2D eigenvalue weighted by Gasteiger charge is 2.32. The van der Waals surface area contributed by atoms with E-state index < -0.39 is 0 Å². The fraction of sp³-hybridized carbons (Fsp3) is 0.429. The van der Waals surface area contributed by atoms with Crippen LogP contribution in [0.3, 0.4) is 0 Å². The zero-order valence-electron chi connectivity index (χ0n) is 12.4. The summed E-state index contributed by atoms with van der Waals surface area (Å²) in [5.41, 5.74) is 2.97. The number of hydrogen-bond donors (Lipinski definition) is 2. The third-order valence-electron chi connectivity index (χ3n) is 4.24. The van der Waals surface area contributed by atoms with Crippen molar-refractivity contribution in [1.29, 1.82) is 0 Å². The Bertz CT molecular complexity index is 808. The first kappa shape index (κ1) is 13.2. The van der Waals surface area contributed by atoms with Crippen molar-refractivity contribution in [3.8, 4) is 0 Å². The van der Waals surface area contributed by atoms with E-state index in [1.807, 2.05) is 17.9 Å². The van der Waals surface area contributed by atoms with Gasteiger partial charge in [-0.05, 0) is 13.3 Å². The number of aromatic nitrogens is 6. The molecular weight excluding hydrogens is 282 g/mol. The molecule has 4 rings (SSSR count). The van der Waals surface area contributed by atoms with Crippen molar-refractivity contribution < 1.29 is 4.74 Å². The molecule has 8 nitrogen and oxygen atoms in total. The van der Waals surface area contributed by atoms with Crippen molar-refractivity contribution in [3.05, 3.63) is 30.0 Å². The van der Waals surface area contributed by atoms with Crippen LogP contribution in [-0.4, -0.2) is 42.6 Å². The van der Waals surface area contributed by atoms with Crippen LogP contribution < -0.4 is 5.32 Å². The van der Waals surface area contributed by atoms with Gasteiger partial charge in [0.2, 0.25) is 0 Å². The summed E-state index contributed by atoms with van der Waals surface area (Å²) in [4.78, 5) is 8.50. The van der Waals surface area contributed by atoms with E-state index >= 15 is 0 Å². The molecule has 0 radical (unpaired) electrons. The Morgan fingerprint density at radius 3 is 3.09 bits per heavy atom. The number of ether oxygens (including phenoxy) is 1.